The summed E-state index contributed by atoms with van der Waals surface area (Å²) >= 11 is 0. The molecule has 0 saturated carbocycles. The van der Waals surface area contributed by atoms with Gasteiger partial charge in [0.25, 0.3) is 0 Å². The zero-order chi connectivity index (χ0) is 14.3. The highest BCUT2D eigenvalue weighted by molar-refractivity contribution is 5.83. The van der Waals surface area contributed by atoms with Crippen LogP contribution in [0.2, 0.25) is 0 Å². The number of hydrogen-bond acceptors (Lipinski definition) is 3. The van der Waals surface area contributed by atoms with Gasteiger partial charge < -0.3 is 15.5 Å². The lowest BCUT2D eigenvalue weighted by Gasteiger charge is -2.11. The summed E-state index contributed by atoms with van der Waals surface area (Å²) in [6.45, 7) is 1.47. The number of aliphatic carboxylic acids is 1. The normalized spacial score (nSPS) is 11.9. The Morgan fingerprint density at radius 3 is 2.26 bits per heavy atom. The highest BCUT2D eigenvalue weighted by Gasteiger charge is 2.18. The third-order valence-electron chi connectivity index (χ3n) is 2.89. The van der Waals surface area contributed by atoms with E-state index in [0.29, 0.717) is 6.42 Å². The third-order valence-corrected chi connectivity index (χ3v) is 2.89. The van der Waals surface area contributed by atoms with Crippen LogP contribution < -0.4 is 5.32 Å². The number of nitrogens with one attached hydrogen (secondary N) is 1. The molecule has 0 aliphatic heterocycles. The topological polar surface area (TPSA) is 86.6 Å². The molecule has 3 N–H and O–H groups in total. The van der Waals surface area contributed by atoms with Crippen molar-refractivity contribution in [3.8, 4) is 0 Å². The minimum Gasteiger partial charge on any atom is -0.480 e. The fourth-order valence-corrected chi connectivity index (χ4v) is 1.65. The summed E-state index contributed by atoms with van der Waals surface area (Å²) in [5.74, 6) is -1.61. The predicted octanol–water partition coefficient (Wildman–Crippen LogP) is 0.743. The number of aryl methyl sites for hydroxylation is 2. The largest absolute Gasteiger partial charge is 0.480 e. The number of aliphatic hydroxyl groups is 1. The molecule has 0 unspecified atom stereocenters. The number of amides is 1. The molecule has 0 fully saturated rings. The van der Waals surface area contributed by atoms with Gasteiger partial charge in [0.15, 0.2) is 0 Å². The van der Waals surface area contributed by atoms with Crippen LogP contribution in [0.25, 0.3) is 0 Å². The third kappa shape index (κ3) is 5.09. The second-order valence-electron chi connectivity index (χ2n) is 4.31. The molecular weight excluding hydrogens is 246 g/mol. The summed E-state index contributed by atoms with van der Waals surface area (Å²) in [5.41, 5.74) is 2.27. The highest BCUT2D eigenvalue weighted by Crippen LogP contribution is 2.07. The summed E-state index contributed by atoms with van der Waals surface area (Å²) in [6, 6.07) is 6.73. The first-order valence-electron chi connectivity index (χ1n) is 6.27. The van der Waals surface area contributed by atoms with E-state index < -0.39 is 18.6 Å². The van der Waals surface area contributed by atoms with Crippen molar-refractivity contribution < 1.29 is 19.8 Å². The molecule has 5 nitrogen and oxygen atoms in total. The molecule has 0 radical (unpaired) electrons. The molecular formula is C14H19NO4. The van der Waals surface area contributed by atoms with Gasteiger partial charge in [-0.3, -0.25) is 4.79 Å². The minimum atomic E-state index is -1.23. The van der Waals surface area contributed by atoms with E-state index in [2.05, 4.69) is 12.2 Å². The standard InChI is InChI=1S/C14H19NO4/c1-2-10-3-5-11(6-4-10)7-8-13(17)15-12(9-16)14(18)19/h3-6,12,16H,2,7-9H2,1H3,(H,15,17)(H,18,19)/t12-/m1/s1. The smallest absolute Gasteiger partial charge is 0.328 e. The van der Waals surface area contributed by atoms with Crippen molar-refractivity contribution in [2.45, 2.75) is 32.2 Å². The molecule has 0 spiro atoms. The molecule has 0 aliphatic carbocycles. The van der Waals surface area contributed by atoms with Crippen LogP contribution >= 0.6 is 0 Å². The van der Waals surface area contributed by atoms with Crippen molar-refractivity contribution in [3.05, 3.63) is 35.4 Å². The molecule has 1 aromatic carbocycles. The molecule has 0 aliphatic rings. The number of carbonyl (C=O) groups excluding carboxylic acids is 1. The minimum absolute atomic E-state index is 0.204. The second-order valence-corrected chi connectivity index (χ2v) is 4.31. The lowest BCUT2D eigenvalue weighted by atomic mass is 10.1. The van der Waals surface area contributed by atoms with E-state index in [-0.39, 0.29) is 12.3 Å². The maximum Gasteiger partial charge on any atom is 0.328 e. The van der Waals surface area contributed by atoms with Gasteiger partial charge in [0, 0.05) is 6.42 Å². The van der Waals surface area contributed by atoms with Gasteiger partial charge in [-0.1, -0.05) is 31.2 Å². The summed E-state index contributed by atoms with van der Waals surface area (Å²) < 4.78 is 0. The van der Waals surface area contributed by atoms with E-state index in [0.717, 1.165) is 12.0 Å². The number of carbonyl (C=O) groups is 2. The van der Waals surface area contributed by atoms with E-state index in [4.69, 9.17) is 10.2 Å². The van der Waals surface area contributed by atoms with Gasteiger partial charge in [0.05, 0.1) is 6.61 Å². The van der Waals surface area contributed by atoms with Crippen LogP contribution in [-0.4, -0.2) is 34.7 Å². The Morgan fingerprint density at radius 2 is 1.79 bits per heavy atom. The van der Waals surface area contributed by atoms with Crippen LogP contribution in [0.5, 0.6) is 0 Å². The van der Waals surface area contributed by atoms with E-state index in [1.807, 2.05) is 24.3 Å². The number of aliphatic hydroxyl groups excluding tert-OH is 1. The number of carboxylic acid groups (broad SMARTS) is 1. The lowest BCUT2D eigenvalue weighted by Crippen LogP contribution is -2.43. The number of benzene rings is 1. The van der Waals surface area contributed by atoms with Crippen molar-refractivity contribution in [1.29, 1.82) is 0 Å². The monoisotopic (exact) mass is 265 g/mol. The zero-order valence-electron chi connectivity index (χ0n) is 10.9. The van der Waals surface area contributed by atoms with Crippen molar-refractivity contribution in [2.24, 2.45) is 0 Å². The van der Waals surface area contributed by atoms with E-state index in [1.165, 1.54) is 5.56 Å². The molecule has 0 heterocycles. The molecule has 19 heavy (non-hydrogen) atoms. The van der Waals surface area contributed by atoms with Gasteiger partial charge in [-0.15, -0.1) is 0 Å². The number of hydrogen-bond donors (Lipinski definition) is 3. The summed E-state index contributed by atoms with van der Waals surface area (Å²) in [6.07, 6.45) is 1.72. The Balaban J connectivity index is 2.42. The molecule has 104 valence electrons. The van der Waals surface area contributed by atoms with E-state index >= 15 is 0 Å². The van der Waals surface area contributed by atoms with E-state index in [9.17, 15) is 9.59 Å². The first-order chi connectivity index (χ1) is 9.06. The van der Waals surface area contributed by atoms with Crippen LogP contribution in [0.4, 0.5) is 0 Å². The molecule has 0 bridgehead atoms. The maximum atomic E-state index is 11.5. The van der Waals surface area contributed by atoms with Gasteiger partial charge >= 0.3 is 5.97 Å². The molecule has 1 amide bonds. The summed E-state index contributed by atoms with van der Waals surface area (Å²) in [5, 5.41) is 19.8. The Morgan fingerprint density at radius 1 is 1.21 bits per heavy atom. The van der Waals surface area contributed by atoms with E-state index in [1.54, 1.807) is 0 Å². The fraction of sp³-hybridized carbons (Fsp3) is 0.429. The Bertz CT molecular complexity index is 428. The SMILES string of the molecule is CCc1ccc(CCC(=O)N[C@H](CO)C(=O)O)cc1. The van der Waals surface area contributed by atoms with Gasteiger partial charge in [0.1, 0.15) is 6.04 Å². The molecule has 1 aromatic rings. The van der Waals surface area contributed by atoms with Crippen molar-refractivity contribution in [2.75, 3.05) is 6.61 Å². The number of carboxylic acids is 1. The Kier molecular flexibility index (Phi) is 6.02. The average molecular weight is 265 g/mol. The van der Waals surface area contributed by atoms with Gasteiger partial charge in [-0.2, -0.15) is 0 Å². The first-order valence-corrected chi connectivity index (χ1v) is 6.27. The Hall–Kier alpha value is -1.88. The molecule has 1 rings (SSSR count). The lowest BCUT2D eigenvalue weighted by molar-refractivity contribution is -0.142. The maximum absolute atomic E-state index is 11.5. The molecule has 0 aromatic heterocycles. The fourth-order valence-electron chi connectivity index (χ4n) is 1.65. The van der Waals surface area contributed by atoms with Crippen molar-refractivity contribution in [3.63, 3.8) is 0 Å². The first kappa shape index (κ1) is 15.2. The van der Waals surface area contributed by atoms with Gasteiger partial charge in [0.2, 0.25) is 5.91 Å². The second kappa shape index (κ2) is 7.53. The van der Waals surface area contributed by atoms with Crippen molar-refractivity contribution >= 4 is 11.9 Å². The highest BCUT2D eigenvalue weighted by atomic mass is 16.4. The summed E-state index contributed by atoms with van der Waals surface area (Å²) in [7, 11) is 0. The zero-order valence-corrected chi connectivity index (χ0v) is 10.9. The molecule has 5 heteroatoms. The number of rotatable bonds is 7. The van der Waals surface area contributed by atoms with Crippen LogP contribution in [0.1, 0.15) is 24.5 Å². The van der Waals surface area contributed by atoms with Crippen LogP contribution in [0, 0.1) is 0 Å². The van der Waals surface area contributed by atoms with Gasteiger partial charge in [-0.05, 0) is 24.0 Å². The predicted molar refractivity (Wildman–Crippen MR) is 70.8 cm³/mol. The molecule has 1 atom stereocenters. The quantitative estimate of drug-likeness (QED) is 0.678. The van der Waals surface area contributed by atoms with Crippen LogP contribution in [0.15, 0.2) is 24.3 Å². The molecule has 0 saturated heterocycles. The van der Waals surface area contributed by atoms with Crippen LogP contribution in [-0.2, 0) is 22.4 Å². The van der Waals surface area contributed by atoms with Crippen molar-refractivity contribution in [1.82, 2.24) is 5.32 Å². The summed E-state index contributed by atoms with van der Waals surface area (Å²) in [4.78, 5) is 22.2. The van der Waals surface area contributed by atoms with Gasteiger partial charge in [-0.25, -0.2) is 4.79 Å². The Labute approximate surface area is 112 Å². The van der Waals surface area contributed by atoms with Crippen LogP contribution in [0.3, 0.4) is 0 Å². The average Bonchev–Trinajstić information content (AvgIpc) is 2.42.